The van der Waals surface area contributed by atoms with Crippen molar-refractivity contribution in [3.8, 4) is 0 Å². The van der Waals surface area contributed by atoms with Gasteiger partial charge < -0.3 is 0 Å². The third-order valence-electron chi connectivity index (χ3n) is 3.44. The maximum absolute atomic E-state index is 13.6. The molecule has 2 rings (SSSR count). The zero-order valence-corrected chi connectivity index (χ0v) is 12.4. The smallest absolute Gasteiger partial charge is 0.167 e. The Bertz CT molecular complexity index is 652. The van der Waals surface area contributed by atoms with Gasteiger partial charge in [0.2, 0.25) is 0 Å². The van der Waals surface area contributed by atoms with Crippen LogP contribution >= 0.6 is 0 Å². The van der Waals surface area contributed by atoms with Crippen molar-refractivity contribution in [1.29, 1.82) is 0 Å². The predicted molar refractivity (Wildman–Crippen MR) is 79.5 cm³/mol. The largest absolute Gasteiger partial charge is 0.294 e. The second kappa shape index (κ2) is 5.76. The van der Waals surface area contributed by atoms with E-state index >= 15 is 0 Å². The molecule has 0 aromatic heterocycles. The third-order valence-corrected chi connectivity index (χ3v) is 3.44. The highest BCUT2D eigenvalue weighted by Crippen LogP contribution is 2.22. The minimum Gasteiger partial charge on any atom is -0.294 e. The van der Waals surface area contributed by atoms with Crippen molar-refractivity contribution in [2.45, 2.75) is 32.6 Å². The molecule has 1 nitrogen and oxygen atoms in total. The molecular formula is C18H18F2O. The molecule has 21 heavy (non-hydrogen) atoms. The van der Waals surface area contributed by atoms with E-state index < -0.39 is 11.6 Å². The number of carbonyl (C=O) groups excluding carboxylic acids is 1. The van der Waals surface area contributed by atoms with Gasteiger partial charge in [-0.05, 0) is 22.6 Å². The number of ketones is 1. The fourth-order valence-corrected chi connectivity index (χ4v) is 2.10. The van der Waals surface area contributed by atoms with Crippen LogP contribution in [0.2, 0.25) is 0 Å². The van der Waals surface area contributed by atoms with Crippen LogP contribution in [0.25, 0.3) is 0 Å². The van der Waals surface area contributed by atoms with Crippen molar-refractivity contribution in [3.63, 3.8) is 0 Å². The fraction of sp³-hybridized carbons (Fsp3) is 0.278. The summed E-state index contributed by atoms with van der Waals surface area (Å²) in [5.41, 5.74) is 1.89. The summed E-state index contributed by atoms with van der Waals surface area (Å²) in [7, 11) is 0. The SMILES string of the molecule is CC(C)(C)c1ccc(C(=O)Cc2ccc(F)cc2F)cc1. The maximum Gasteiger partial charge on any atom is 0.167 e. The van der Waals surface area contributed by atoms with Gasteiger partial charge in [-0.1, -0.05) is 51.1 Å². The van der Waals surface area contributed by atoms with E-state index in [9.17, 15) is 13.6 Å². The molecule has 0 aliphatic carbocycles. The molecule has 0 aliphatic rings. The lowest BCUT2D eigenvalue weighted by Crippen LogP contribution is -2.12. The number of rotatable bonds is 3. The van der Waals surface area contributed by atoms with Gasteiger partial charge in [0.25, 0.3) is 0 Å². The molecule has 0 bridgehead atoms. The molecule has 2 aromatic rings. The Morgan fingerprint density at radius 1 is 1.00 bits per heavy atom. The topological polar surface area (TPSA) is 17.1 Å². The normalized spacial score (nSPS) is 11.5. The van der Waals surface area contributed by atoms with E-state index in [0.717, 1.165) is 17.7 Å². The van der Waals surface area contributed by atoms with Crippen LogP contribution in [0.4, 0.5) is 8.78 Å². The lowest BCUT2D eigenvalue weighted by molar-refractivity contribution is 0.0991. The summed E-state index contributed by atoms with van der Waals surface area (Å²) in [5.74, 6) is -1.51. The number of halogens is 2. The van der Waals surface area contributed by atoms with Crippen LogP contribution in [0.3, 0.4) is 0 Å². The van der Waals surface area contributed by atoms with E-state index in [1.54, 1.807) is 12.1 Å². The van der Waals surface area contributed by atoms with Crippen molar-refractivity contribution >= 4 is 5.78 Å². The van der Waals surface area contributed by atoms with Crippen LogP contribution in [0.5, 0.6) is 0 Å². The second-order valence-electron chi connectivity index (χ2n) is 6.16. The second-order valence-corrected chi connectivity index (χ2v) is 6.16. The fourth-order valence-electron chi connectivity index (χ4n) is 2.10. The summed E-state index contributed by atoms with van der Waals surface area (Å²) in [5, 5.41) is 0. The molecule has 0 N–H and O–H groups in total. The molecular weight excluding hydrogens is 270 g/mol. The summed E-state index contributed by atoms with van der Waals surface area (Å²) < 4.78 is 26.4. The van der Waals surface area contributed by atoms with Crippen LogP contribution in [0.15, 0.2) is 42.5 Å². The van der Waals surface area contributed by atoms with Gasteiger partial charge in [0.05, 0.1) is 0 Å². The lowest BCUT2D eigenvalue weighted by Gasteiger charge is -2.19. The van der Waals surface area contributed by atoms with E-state index in [2.05, 4.69) is 20.8 Å². The highest BCUT2D eigenvalue weighted by Gasteiger charge is 2.15. The van der Waals surface area contributed by atoms with Gasteiger partial charge in [0, 0.05) is 18.1 Å². The molecule has 0 aliphatic heterocycles. The van der Waals surface area contributed by atoms with Gasteiger partial charge in [-0.15, -0.1) is 0 Å². The van der Waals surface area contributed by atoms with Gasteiger partial charge in [0.15, 0.2) is 5.78 Å². The van der Waals surface area contributed by atoms with E-state index in [0.29, 0.717) is 5.56 Å². The highest BCUT2D eigenvalue weighted by molar-refractivity contribution is 5.97. The Morgan fingerprint density at radius 3 is 2.14 bits per heavy atom. The summed E-state index contributed by atoms with van der Waals surface area (Å²) in [6.07, 6.45) is -0.0685. The predicted octanol–water partition coefficient (Wildman–Crippen LogP) is 4.69. The van der Waals surface area contributed by atoms with E-state index in [1.165, 1.54) is 6.07 Å². The first-order valence-electron chi connectivity index (χ1n) is 6.85. The van der Waals surface area contributed by atoms with E-state index in [-0.39, 0.29) is 23.2 Å². The van der Waals surface area contributed by atoms with Crippen LogP contribution in [-0.4, -0.2) is 5.78 Å². The van der Waals surface area contributed by atoms with Gasteiger partial charge in [-0.3, -0.25) is 4.79 Å². The van der Waals surface area contributed by atoms with Crippen LogP contribution in [0.1, 0.15) is 42.3 Å². The lowest BCUT2D eigenvalue weighted by atomic mass is 9.86. The van der Waals surface area contributed by atoms with Crippen LogP contribution in [0, 0.1) is 11.6 Å². The maximum atomic E-state index is 13.6. The van der Waals surface area contributed by atoms with Crippen molar-refractivity contribution in [2.24, 2.45) is 0 Å². The summed E-state index contributed by atoms with van der Waals surface area (Å²) >= 11 is 0. The number of hydrogen-bond donors (Lipinski definition) is 0. The third kappa shape index (κ3) is 3.75. The minimum atomic E-state index is -0.685. The molecule has 0 heterocycles. The quantitative estimate of drug-likeness (QED) is 0.749. The van der Waals surface area contributed by atoms with Gasteiger partial charge >= 0.3 is 0 Å². The van der Waals surface area contributed by atoms with Crippen molar-refractivity contribution < 1.29 is 13.6 Å². The summed E-state index contributed by atoms with van der Waals surface area (Å²) in [6.45, 7) is 6.28. The highest BCUT2D eigenvalue weighted by atomic mass is 19.1. The number of hydrogen-bond acceptors (Lipinski definition) is 1. The zero-order valence-electron chi connectivity index (χ0n) is 12.4. The standard InChI is InChI=1S/C18H18F2O/c1-18(2,3)14-7-4-12(5-8-14)17(21)10-13-6-9-15(19)11-16(13)20/h4-9,11H,10H2,1-3H3. The molecule has 0 saturated heterocycles. The first-order valence-corrected chi connectivity index (χ1v) is 6.85. The minimum absolute atomic E-state index is 0.0185. The summed E-state index contributed by atoms with van der Waals surface area (Å²) in [6, 6.07) is 10.6. The molecule has 2 aromatic carbocycles. The van der Waals surface area contributed by atoms with Gasteiger partial charge in [0.1, 0.15) is 11.6 Å². The van der Waals surface area contributed by atoms with Crippen molar-refractivity contribution in [2.75, 3.05) is 0 Å². The monoisotopic (exact) mass is 288 g/mol. The zero-order chi connectivity index (χ0) is 15.6. The molecule has 0 saturated carbocycles. The molecule has 0 fully saturated rings. The van der Waals surface area contributed by atoms with Crippen LogP contribution < -0.4 is 0 Å². The Hall–Kier alpha value is -2.03. The molecule has 0 spiro atoms. The Balaban J connectivity index is 2.17. The average Bonchev–Trinajstić information content (AvgIpc) is 2.41. The summed E-state index contributed by atoms with van der Waals surface area (Å²) in [4.78, 5) is 12.2. The van der Waals surface area contributed by atoms with Gasteiger partial charge in [-0.25, -0.2) is 8.78 Å². The average molecular weight is 288 g/mol. The Morgan fingerprint density at radius 2 is 1.62 bits per heavy atom. The number of benzene rings is 2. The van der Waals surface area contributed by atoms with Gasteiger partial charge in [-0.2, -0.15) is 0 Å². The molecule has 3 heteroatoms. The Kier molecular flexibility index (Phi) is 4.21. The number of Topliss-reactive ketones (excluding diaryl/α,β-unsaturated/α-hetero) is 1. The van der Waals surface area contributed by atoms with Crippen molar-refractivity contribution in [3.05, 3.63) is 70.8 Å². The first kappa shape index (κ1) is 15.4. The van der Waals surface area contributed by atoms with E-state index in [1.807, 2.05) is 12.1 Å². The first-order chi connectivity index (χ1) is 9.77. The van der Waals surface area contributed by atoms with Crippen molar-refractivity contribution in [1.82, 2.24) is 0 Å². The Labute approximate surface area is 123 Å². The molecule has 0 radical (unpaired) electrons. The molecule has 110 valence electrons. The number of carbonyl (C=O) groups is 1. The van der Waals surface area contributed by atoms with E-state index in [4.69, 9.17) is 0 Å². The molecule has 0 atom stereocenters. The molecule has 0 amide bonds. The molecule has 0 unspecified atom stereocenters. The van der Waals surface area contributed by atoms with Crippen LogP contribution in [-0.2, 0) is 11.8 Å².